The number of aliphatic hydroxyl groups is 1. The monoisotopic (exact) mass is 423 g/mol. The summed E-state index contributed by atoms with van der Waals surface area (Å²) >= 11 is 1.96. The van der Waals surface area contributed by atoms with E-state index in [-0.39, 0.29) is 6.61 Å². The van der Waals surface area contributed by atoms with Crippen LogP contribution in [0.1, 0.15) is 54.5 Å². The van der Waals surface area contributed by atoms with Crippen molar-refractivity contribution < 1.29 is 5.11 Å². The topological polar surface area (TPSA) is 69.5 Å². The Morgan fingerprint density at radius 1 is 1.27 bits per heavy atom. The first-order valence-electron chi connectivity index (χ1n) is 10.8. The van der Waals surface area contributed by atoms with Gasteiger partial charge in [0.1, 0.15) is 6.33 Å². The largest absolute Gasteiger partial charge is 0.395 e. The molecule has 0 radical (unpaired) electrons. The van der Waals surface area contributed by atoms with E-state index in [1.807, 2.05) is 15.9 Å². The van der Waals surface area contributed by atoms with Crippen molar-refractivity contribution >= 4 is 27.2 Å². The fourth-order valence-electron chi connectivity index (χ4n) is 4.81. The highest BCUT2D eigenvalue weighted by Crippen LogP contribution is 2.43. The van der Waals surface area contributed by atoms with Gasteiger partial charge in [0.15, 0.2) is 5.65 Å². The second-order valence-corrected chi connectivity index (χ2v) is 9.82. The van der Waals surface area contributed by atoms with E-state index in [2.05, 4.69) is 59.1 Å². The number of rotatable bonds is 5. The van der Waals surface area contributed by atoms with Crippen LogP contribution in [0.25, 0.3) is 27.1 Å². The minimum absolute atomic E-state index is 0.257. The summed E-state index contributed by atoms with van der Waals surface area (Å²) in [6, 6.07) is 4.59. The number of aromatic nitrogens is 4. The minimum Gasteiger partial charge on any atom is -0.395 e. The van der Waals surface area contributed by atoms with Crippen LogP contribution in [0.15, 0.2) is 24.7 Å². The molecular formula is C23H29N5OS. The molecule has 30 heavy (non-hydrogen) atoms. The zero-order valence-corrected chi connectivity index (χ0v) is 18.7. The summed E-state index contributed by atoms with van der Waals surface area (Å²) in [6.07, 6.45) is 6.04. The van der Waals surface area contributed by atoms with Gasteiger partial charge >= 0.3 is 0 Å². The molecule has 0 aliphatic carbocycles. The van der Waals surface area contributed by atoms with Gasteiger partial charge in [0, 0.05) is 23.2 Å². The van der Waals surface area contributed by atoms with Crippen molar-refractivity contribution in [2.45, 2.75) is 45.4 Å². The van der Waals surface area contributed by atoms with Crippen LogP contribution >= 0.6 is 11.3 Å². The van der Waals surface area contributed by atoms with Crippen molar-refractivity contribution in [3.8, 4) is 11.3 Å². The van der Waals surface area contributed by atoms with Crippen LogP contribution in [0.2, 0.25) is 0 Å². The number of aryl methyl sites for hydroxylation is 1. The summed E-state index contributed by atoms with van der Waals surface area (Å²) in [6.45, 7) is 9.86. The third kappa shape index (κ3) is 3.35. The minimum atomic E-state index is 0.257. The maximum Gasteiger partial charge on any atom is 0.158 e. The number of nitrogens with one attached hydrogen (secondary N) is 1. The van der Waals surface area contributed by atoms with Gasteiger partial charge in [0.2, 0.25) is 0 Å². The first-order chi connectivity index (χ1) is 14.5. The lowest BCUT2D eigenvalue weighted by Crippen LogP contribution is -2.34. The van der Waals surface area contributed by atoms with E-state index in [0.29, 0.717) is 11.8 Å². The highest BCUT2D eigenvalue weighted by Gasteiger charge is 2.25. The van der Waals surface area contributed by atoms with E-state index >= 15 is 0 Å². The third-order valence-corrected chi connectivity index (χ3v) is 7.69. The molecule has 0 saturated carbocycles. The Bertz CT molecular complexity index is 1180. The molecule has 0 aromatic carbocycles. The molecule has 5 rings (SSSR count). The fraction of sp³-hybridized carbons (Fsp3) is 0.478. The number of piperidine rings is 1. The number of pyridine rings is 1. The Kier molecular flexibility index (Phi) is 5.13. The van der Waals surface area contributed by atoms with Crippen molar-refractivity contribution in [3.05, 3.63) is 40.7 Å². The van der Waals surface area contributed by atoms with Gasteiger partial charge in [-0.25, -0.2) is 9.50 Å². The zero-order valence-electron chi connectivity index (χ0n) is 17.9. The van der Waals surface area contributed by atoms with Gasteiger partial charge in [-0.05, 0) is 68.0 Å². The standard InChI is InChI=1S/C23H29N5OS/c1-14(2)20-21(17-10-15(3)23-24-13-25-28(23)12-17)26-18-11-19(30-22(18)20)16-4-6-27(7-5-16)8-9-29/h10-14,16,26,29H,4-9H2,1-3H3. The van der Waals surface area contributed by atoms with Gasteiger partial charge in [-0.1, -0.05) is 13.8 Å². The van der Waals surface area contributed by atoms with Crippen LogP contribution in [0.5, 0.6) is 0 Å². The van der Waals surface area contributed by atoms with Crippen LogP contribution in [0, 0.1) is 6.92 Å². The molecule has 7 heteroatoms. The lowest BCUT2D eigenvalue weighted by molar-refractivity contribution is 0.165. The summed E-state index contributed by atoms with van der Waals surface area (Å²) in [4.78, 5) is 12.0. The molecule has 5 heterocycles. The van der Waals surface area contributed by atoms with Crippen LogP contribution in [0.4, 0.5) is 0 Å². The second kappa shape index (κ2) is 7.80. The Morgan fingerprint density at radius 3 is 2.80 bits per heavy atom. The number of H-pyrrole nitrogens is 1. The number of aliphatic hydroxyl groups excluding tert-OH is 1. The number of β-amino-alcohol motifs (C(OH)–C–C–N with tert-alkyl or cyclic N) is 1. The summed E-state index contributed by atoms with van der Waals surface area (Å²) in [5.74, 6) is 1.06. The van der Waals surface area contributed by atoms with E-state index < -0.39 is 0 Å². The second-order valence-electron chi connectivity index (χ2n) is 8.74. The molecule has 2 N–H and O–H groups in total. The third-order valence-electron chi connectivity index (χ3n) is 6.36. The molecule has 4 aromatic heterocycles. The number of fused-ring (bicyclic) bond motifs is 2. The van der Waals surface area contributed by atoms with Crippen LogP contribution < -0.4 is 0 Å². The Morgan fingerprint density at radius 2 is 2.07 bits per heavy atom. The molecule has 0 unspecified atom stereocenters. The van der Waals surface area contributed by atoms with Gasteiger partial charge in [-0.3, -0.25) is 0 Å². The number of hydrogen-bond acceptors (Lipinski definition) is 5. The summed E-state index contributed by atoms with van der Waals surface area (Å²) < 4.78 is 3.26. The van der Waals surface area contributed by atoms with E-state index in [4.69, 9.17) is 0 Å². The average Bonchev–Trinajstić information content (AvgIpc) is 3.42. The quantitative estimate of drug-likeness (QED) is 0.494. The molecule has 1 saturated heterocycles. The molecule has 0 spiro atoms. The van der Waals surface area contributed by atoms with Crippen molar-refractivity contribution in [3.63, 3.8) is 0 Å². The van der Waals surface area contributed by atoms with E-state index in [9.17, 15) is 5.11 Å². The molecule has 158 valence electrons. The molecule has 1 aliphatic rings. The Balaban J connectivity index is 1.51. The van der Waals surface area contributed by atoms with E-state index in [1.165, 1.54) is 39.2 Å². The highest BCUT2D eigenvalue weighted by molar-refractivity contribution is 7.19. The van der Waals surface area contributed by atoms with Crippen molar-refractivity contribution in [2.24, 2.45) is 0 Å². The SMILES string of the molecule is Cc1cc(-c2[nH]c3cc(C4CCN(CCO)CC4)sc3c2C(C)C)cn2ncnc12. The molecule has 6 nitrogen and oxygen atoms in total. The average molecular weight is 424 g/mol. The van der Waals surface area contributed by atoms with Crippen molar-refractivity contribution in [2.75, 3.05) is 26.2 Å². The predicted molar refractivity (Wildman–Crippen MR) is 122 cm³/mol. The summed E-state index contributed by atoms with van der Waals surface area (Å²) in [5.41, 5.74) is 7.06. The van der Waals surface area contributed by atoms with Gasteiger partial charge in [-0.2, -0.15) is 5.10 Å². The Hall–Kier alpha value is -2.22. The number of aromatic amines is 1. The van der Waals surface area contributed by atoms with Gasteiger partial charge in [-0.15, -0.1) is 11.3 Å². The normalized spacial score (nSPS) is 16.4. The number of hydrogen-bond donors (Lipinski definition) is 2. The van der Waals surface area contributed by atoms with E-state index in [1.54, 1.807) is 6.33 Å². The van der Waals surface area contributed by atoms with Crippen LogP contribution in [-0.2, 0) is 0 Å². The number of thiophene rings is 1. The number of likely N-dealkylation sites (tertiary alicyclic amines) is 1. The fourth-order valence-corrected chi connectivity index (χ4v) is 6.29. The van der Waals surface area contributed by atoms with Crippen molar-refractivity contribution in [1.29, 1.82) is 0 Å². The van der Waals surface area contributed by atoms with Crippen molar-refractivity contribution in [1.82, 2.24) is 24.5 Å². The van der Waals surface area contributed by atoms with Gasteiger partial charge in [0.05, 0.1) is 22.5 Å². The van der Waals surface area contributed by atoms with Gasteiger partial charge in [0.25, 0.3) is 0 Å². The molecule has 1 fully saturated rings. The maximum absolute atomic E-state index is 9.18. The molecular weight excluding hydrogens is 394 g/mol. The molecule has 0 amide bonds. The van der Waals surface area contributed by atoms with Gasteiger partial charge < -0.3 is 15.0 Å². The van der Waals surface area contributed by atoms with Crippen LogP contribution in [-0.4, -0.2) is 55.8 Å². The highest BCUT2D eigenvalue weighted by atomic mass is 32.1. The Labute approximate surface area is 180 Å². The maximum atomic E-state index is 9.18. The lowest BCUT2D eigenvalue weighted by Gasteiger charge is -2.30. The smallest absolute Gasteiger partial charge is 0.158 e. The lowest BCUT2D eigenvalue weighted by atomic mass is 9.95. The summed E-state index contributed by atoms with van der Waals surface area (Å²) in [7, 11) is 0. The first kappa shape index (κ1) is 19.7. The molecule has 0 bridgehead atoms. The zero-order chi connectivity index (χ0) is 20.8. The molecule has 0 atom stereocenters. The van der Waals surface area contributed by atoms with E-state index in [0.717, 1.165) is 36.4 Å². The first-order valence-corrected chi connectivity index (χ1v) is 11.7. The van der Waals surface area contributed by atoms with Crippen LogP contribution in [0.3, 0.4) is 0 Å². The predicted octanol–water partition coefficient (Wildman–Crippen LogP) is 4.54. The molecule has 1 aliphatic heterocycles. The number of nitrogens with zero attached hydrogens (tertiary/aromatic N) is 4. The molecule has 4 aromatic rings. The summed E-state index contributed by atoms with van der Waals surface area (Å²) in [5, 5.41) is 13.5.